The summed E-state index contributed by atoms with van der Waals surface area (Å²) in [7, 11) is 11.1. The van der Waals surface area contributed by atoms with E-state index in [0.717, 1.165) is 0 Å². The van der Waals surface area contributed by atoms with Gasteiger partial charge in [-0.1, -0.05) is 11.6 Å². The third-order valence-corrected chi connectivity index (χ3v) is 11.4. The van der Waals surface area contributed by atoms with Crippen molar-refractivity contribution in [2.75, 3.05) is 69.6 Å². The molecular weight excluding hydrogens is 582 g/mol. The van der Waals surface area contributed by atoms with Crippen molar-refractivity contribution in [3.63, 3.8) is 0 Å². The molecule has 0 atom stereocenters. The van der Waals surface area contributed by atoms with Crippen LogP contribution in [0, 0.1) is 0 Å². The Labute approximate surface area is 247 Å². The topological polar surface area (TPSA) is 83.1 Å². The van der Waals surface area contributed by atoms with Gasteiger partial charge in [-0.05, 0) is 0 Å². The highest BCUT2D eigenvalue weighted by Crippen LogP contribution is 2.66. The molecule has 0 aliphatic heterocycles. The number of ether oxygens (including phenoxy) is 9. The van der Waals surface area contributed by atoms with Gasteiger partial charge in [0.1, 0.15) is 22.9 Å². The van der Waals surface area contributed by atoms with Crippen molar-refractivity contribution in [1.29, 1.82) is 0 Å². The maximum atomic E-state index is 7.14. The molecule has 3 aromatic rings. The van der Waals surface area contributed by atoms with E-state index in [-0.39, 0.29) is 18.0 Å². The van der Waals surface area contributed by atoms with Crippen LogP contribution in [0.2, 0.25) is 0 Å². The fourth-order valence-electron chi connectivity index (χ4n) is 4.61. The Morgan fingerprint density at radius 1 is 0.425 bits per heavy atom. The van der Waals surface area contributed by atoms with Crippen LogP contribution in [0.5, 0.6) is 51.7 Å². The monoisotopic (exact) mass is 616 g/mol. The Kier molecular flexibility index (Phi) is 12.0. The van der Waals surface area contributed by atoms with Gasteiger partial charge in [0.25, 0.3) is 0 Å². The molecular formula is C28H35Cl2O9P. The zero-order chi connectivity index (χ0) is 28.7. The molecule has 0 saturated heterocycles. The molecule has 0 bridgehead atoms. The summed E-state index contributed by atoms with van der Waals surface area (Å²) in [6.45, 7) is 0. The lowest BCUT2D eigenvalue weighted by molar-refractivity contribution is -0.0000109. The fourth-order valence-corrected chi connectivity index (χ4v) is 9.90. The Bertz CT molecular complexity index is 1070. The summed E-state index contributed by atoms with van der Waals surface area (Å²) in [6, 6.07) is 10.7. The summed E-state index contributed by atoms with van der Waals surface area (Å²) in [6.07, 6.45) is 0. The number of halogens is 2. The third kappa shape index (κ3) is 5.69. The van der Waals surface area contributed by atoms with Crippen molar-refractivity contribution in [2.45, 2.75) is 0 Å². The van der Waals surface area contributed by atoms with Crippen LogP contribution in [-0.2, 0) is 0 Å². The van der Waals surface area contributed by atoms with E-state index in [1.165, 1.54) is 0 Å². The van der Waals surface area contributed by atoms with Crippen molar-refractivity contribution in [3.05, 3.63) is 36.4 Å². The average molecular weight is 617 g/mol. The maximum absolute atomic E-state index is 7.14. The van der Waals surface area contributed by atoms with E-state index in [2.05, 4.69) is 0 Å². The summed E-state index contributed by atoms with van der Waals surface area (Å²) in [5, 5.41) is 2.02. The van der Waals surface area contributed by atoms with E-state index in [1.807, 2.05) is 0 Å². The molecule has 12 heteroatoms. The highest BCUT2D eigenvalue weighted by Gasteiger charge is 2.57. The second-order valence-electron chi connectivity index (χ2n) is 8.07. The molecule has 0 unspecified atom stereocenters. The van der Waals surface area contributed by atoms with E-state index in [9.17, 15) is 0 Å². The van der Waals surface area contributed by atoms with Crippen molar-refractivity contribution < 1.29 is 55.0 Å². The third-order valence-electron chi connectivity index (χ3n) is 6.39. The highest BCUT2D eigenvalue weighted by molar-refractivity contribution is 7.97. The second kappa shape index (κ2) is 14.5. The lowest BCUT2D eigenvalue weighted by Crippen LogP contribution is -3.00. The van der Waals surface area contributed by atoms with Gasteiger partial charge in [-0.25, -0.2) is 0 Å². The quantitative estimate of drug-likeness (QED) is 0.208. The van der Waals surface area contributed by atoms with Crippen LogP contribution in [0.25, 0.3) is 0 Å². The van der Waals surface area contributed by atoms with Gasteiger partial charge in [-0.2, -0.15) is 0 Å². The molecule has 0 aliphatic carbocycles. The predicted molar refractivity (Wildman–Crippen MR) is 155 cm³/mol. The Hall–Kier alpha value is -3.13. The van der Waals surface area contributed by atoms with Gasteiger partial charge in [0.2, 0.25) is 0 Å². The standard InChI is InChI=1S/C28H35ClO9P.ClH/c1-30-17-10-20(33-4)26(21(11-17)34-5)39(16-29,27-22(35-6)12-18(31-2)13-23(27)36-7)28-24(37-8)14-19(32-3)15-25(28)38-9;/h10-15H,16H2,1-9H3;1H/q+1;/p-1. The molecule has 0 spiro atoms. The minimum Gasteiger partial charge on any atom is -1.00 e. The average Bonchev–Trinajstić information content (AvgIpc) is 3.00. The highest BCUT2D eigenvalue weighted by atomic mass is 35.5. The van der Waals surface area contributed by atoms with Crippen LogP contribution < -0.4 is 71.0 Å². The summed E-state index contributed by atoms with van der Waals surface area (Å²) in [4.78, 5) is 0. The molecule has 0 N–H and O–H groups in total. The molecule has 3 rings (SSSR count). The number of hydrogen-bond acceptors (Lipinski definition) is 9. The molecule has 9 nitrogen and oxygen atoms in total. The SMILES string of the molecule is COc1cc(OC)c([P+](CCl)(c2c(OC)cc(OC)cc2OC)c2c(OC)cc(OC)cc2OC)c(OC)c1.[Cl-]. The first-order valence-electron chi connectivity index (χ1n) is 11.7. The molecule has 40 heavy (non-hydrogen) atoms. The first kappa shape index (κ1) is 33.1. The number of alkyl halides is 1. The summed E-state index contributed by atoms with van der Waals surface area (Å²) < 4.78 is 52.4. The predicted octanol–water partition coefficient (Wildman–Crippen LogP) is 1.26. The van der Waals surface area contributed by atoms with Gasteiger partial charge in [0.05, 0.1) is 64.0 Å². The maximum Gasteiger partial charge on any atom is 0.190 e. The Balaban J connectivity index is 0.00000560. The van der Waals surface area contributed by atoms with Crippen molar-refractivity contribution in [1.82, 2.24) is 0 Å². The summed E-state index contributed by atoms with van der Waals surface area (Å²) >= 11 is 7.14. The van der Waals surface area contributed by atoms with E-state index < -0.39 is 7.26 Å². The number of rotatable bonds is 13. The van der Waals surface area contributed by atoms with E-state index in [1.54, 1.807) is 100 Å². The van der Waals surface area contributed by atoms with Crippen molar-refractivity contribution in [2.24, 2.45) is 0 Å². The van der Waals surface area contributed by atoms with Crippen molar-refractivity contribution >= 4 is 34.8 Å². The van der Waals surface area contributed by atoms with Crippen LogP contribution in [0.1, 0.15) is 0 Å². The molecule has 220 valence electrons. The number of hydrogen-bond donors (Lipinski definition) is 0. The molecule has 0 fully saturated rings. The largest absolute Gasteiger partial charge is 1.00 e. The fraction of sp³-hybridized carbons (Fsp3) is 0.357. The molecule has 0 heterocycles. The minimum atomic E-state index is -3.10. The van der Waals surface area contributed by atoms with Gasteiger partial charge < -0.3 is 55.0 Å². The smallest absolute Gasteiger partial charge is 0.190 e. The Morgan fingerprint density at radius 3 is 0.750 bits per heavy atom. The van der Waals surface area contributed by atoms with Crippen LogP contribution in [0.4, 0.5) is 0 Å². The van der Waals surface area contributed by atoms with Crippen LogP contribution in [0.3, 0.4) is 0 Å². The zero-order valence-electron chi connectivity index (χ0n) is 24.0. The van der Waals surface area contributed by atoms with E-state index in [0.29, 0.717) is 67.7 Å². The molecule has 0 aromatic heterocycles. The van der Waals surface area contributed by atoms with E-state index in [4.69, 9.17) is 54.2 Å². The molecule has 0 saturated carbocycles. The number of methoxy groups -OCH3 is 9. The lowest BCUT2D eigenvalue weighted by Gasteiger charge is -2.32. The molecule has 0 amide bonds. The summed E-state index contributed by atoms with van der Waals surface area (Å²) in [5.41, 5.74) is 0.0597. The second-order valence-corrected chi connectivity index (χ2v) is 12.0. The molecule has 0 aliphatic rings. The van der Waals surface area contributed by atoms with Crippen LogP contribution in [-0.4, -0.2) is 69.6 Å². The van der Waals surface area contributed by atoms with Gasteiger partial charge in [-0.15, -0.1) is 0 Å². The first-order chi connectivity index (χ1) is 18.9. The van der Waals surface area contributed by atoms with Crippen LogP contribution >= 0.6 is 18.9 Å². The first-order valence-corrected chi connectivity index (χ1v) is 14.2. The van der Waals surface area contributed by atoms with E-state index >= 15 is 0 Å². The number of benzene rings is 3. The van der Waals surface area contributed by atoms with Crippen molar-refractivity contribution in [3.8, 4) is 51.7 Å². The van der Waals surface area contributed by atoms with Gasteiger partial charge >= 0.3 is 0 Å². The lowest BCUT2D eigenvalue weighted by atomic mass is 10.3. The molecule has 3 aromatic carbocycles. The summed E-state index contributed by atoms with van der Waals surface area (Å²) in [5.74, 6) is 4.55. The molecule has 0 radical (unpaired) electrons. The van der Waals surface area contributed by atoms with Gasteiger partial charge in [-0.3, -0.25) is 0 Å². The van der Waals surface area contributed by atoms with Gasteiger partial charge in [0.15, 0.2) is 57.7 Å². The zero-order valence-corrected chi connectivity index (χ0v) is 26.5. The normalized spacial score (nSPS) is 10.7. The van der Waals surface area contributed by atoms with Gasteiger partial charge in [0, 0.05) is 36.4 Å². The van der Waals surface area contributed by atoms with Crippen LogP contribution in [0.15, 0.2) is 36.4 Å². The Morgan fingerprint density at radius 2 is 0.625 bits per heavy atom. The minimum absolute atomic E-state index is 0.